The maximum Gasteiger partial charge on any atom is 0.359 e. The topological polar surface area (TPSA) is 81.2 Å². The van der Waals surface area contributed by atoms with E-state index in [9.17, 15) is 9.59 Å². The van der Waals surface area contributed by atoms with E-state index in [2.05, 4.69) is 15.3 Å². The van der Waals surface area contributed by atoms with Gasteiger partial charge in [-0.1, -0.05) is 36.8 Å². The molecule has 0 saturated heterocycles. The van der Waals surface area contributed by atoms with Gasteiger partial charge in [-0.25, -0.2) is 9.78 Å². The molecule has 3 aromatic rings. The molecule has 0 saturated carbocycles. The summed E-state index contributed by atoms with van der Waals surface area (Å²) in [7, 11) is 0. The van der Waals surface area contributed by atoms with Gasteiger partial charge >= 0.3 is 5.97 Å². The fourth-order valence-corrected chi connectivity index (χ4v) is 2.73. The van der Waals surface area contributed by atoms with Gasteiger partial charge in [0, 0.05) is 5.69 Å². The van der Waals surface area contributed by atoms with Crippen molar-refractivity contribution in [2.75, 3.05) is 5.32 Å². The van der Waals surface area contributed by atoms with Gasteiger partial charge < -0.3 is 10.1 Å². The number of para-hydroxylation sites is 2. The van der Waals surface area contributed by atoms with E-state index in [4.69, 9.17) is 4.74 Å². The Kier molecular flexibility index (Phi) is 5.45. The van der Waals surface area contributed by atoms with Gasteiger partial charge in [0.05, 0.1) is 17.2 Å². The summed E-state index contributed by atoms with van der Waals surface area (Å²) in [5.74, 6) is -1.04. The minimum Gasteiger partial charge on any atom is -0.447 e. The highest BCUT2D eigenvalue weighted by Gasteiger charge is 2.23. The van der Waals surface area contributed by atoms with Crippen LogP contribution in [0.25, 0.3) is 11.0 Å². The molecule has 0 bridgehead atoms. The van der Waals surface area contributed by atoms with Crippen LogP contribution in [0.3, 0.4) is 0 Å². The van der Waals surface area contributed by atoms with E-state index in [1.165, 1.54) is 6.20 Å². The monoisotopic (exact) mass is 363 g/mol. The van der Waals surface area contributed by atoms with E-state index in [1.54, 1.807) is 13.0 Å². The zero-order valence-corrected chi connectivity index (χ0v) is 15.5. The van der Waals surface area contributed by atoms with Crippen molar-refractivity contribution < 1.29 is 14.3 Å². The summed E-state index contributed by atoms with van der Waals surface area (Å²) in [4.78, 5) is 33.4. The third-order valence-electron chi connectivity index (χ3n) is 4.21. The molecule has 1 unspecified atom stereocenters. The Hall–Kier alpha value is -3.28. The first-order valence-corrected chi connectivity index (χ1v) is 8.79. The summed E-state index contributed by atoms with van der Waals surface area (Å²) in [6, 6.07) is 13.0. The highest BCUT2D eigenvalue weighted by molar-refractivity contribution is 5.97. The number of esters is 1. The first kappa shape index (κ1) is 18.5. The number of aryl methyl sites for hydroxylation is 2. The molecule has 6 heteroatoms. The van der Waals surface area contributed by atoms with Gasteiger partial charge in [-0.3, -0.25) is 9.78 Å². The van der Waals surface area contributed by atoms with Crippen LogP contribution in [-0.4, -0.2) is 27.9 Å². The lowest BCUT2D eigenvalue weighted by Gasteiger charge is -2.17. The molecular weight excluding hydrogens is 342 g/mol. The van der Waals surface area contributed by atoms with Crippen LogP contribution in [0.4, 0.5) is 5.69 Å². The Morgan fingerprint density at radius 2 is 1.85 bits per heavy atom. The number of amides is 1. The van der Waals surface area contributed by atoms with Crippen molar-refractivity contribution in [3.8, 4) is 0 Å². The average molecular weight is 363 g/mol. The lowest BCUT2D eigenvalue weighted by atomic mass is 10.1. The zero-order chi connectivity index (χ0) is 19.4. The maximum absolute atomic E-state index is 12.5. The van der Waals surface area contributed by atoms with Gasteiger partial charge in [-0.15, -0.1) is 0 Å². The van der Waals surface area contributed by atoms with Crippen LogP contribution in [0.15, 0.2) is 48.7 Å². The van der Waals surface area contributed by atoms with Gasteiger partial charge in [0.25, 0.3) is 5.91 Å². The zero-order valence-electron chi connectivity index (χ0n) is 15.5. The van der Waals surface area contributed by atoms with E-state index in [0.29, 0.717) is 23.1 Å². The molecule has 3 rings (SSSR count). The van der Waals surface area contributed by atoms with Gasteiger partial charge in [0.1, 0.15) is 0 Å². The largest absolute Gasteiger partial charge is 0.447 e. The lowest BCUT2D eigenvalue weighted by molar-refractivity contribution is -0.124. The molecule has 0 fully saturated rings. The second-order valence-corrected chi connectivity index (χ2v) is 6.35. The quantitative estimate of drug-likeness (QED) is 0.697. The molecule has 0 aliphatic heterocycles. The molecule has 1 atom stereocenters. The van der Waals surface area contributed by atoms with Gasteiger partial charge in [0.2, 0.25) is 0 Å². The van der Waals surface area contributed by atoms with Crippen LogP contribution in [0.1, 0.15) is 35.0 Å². The number of carbonyl (C=O) groups excluding carboxylic acids is 2. The third-order valence-corrected chi connectivity index (χ3v) is 4.21. The molecule has 1 N–H and O–H groups in total. The van der Waals surface area contributed by atoms with E-state index in [1.807, 2.05) is 50.2 Å². The lowest BCUT2D eigenvalue weighted by Crippen LogP contribution is -2.32. The van der Waals surface area contributed by atoms with Crippen molar-refractivity contribution in [3.63, 3.8) is 0 Å². The van der Waals surface area contributed by atoms with Crippen LogP contribution in [0.5, 0.6) is 0 Å². The summed E-state index contributed by atoms with van der Waals surface area (Å²) >= 11 is 0. The van der Waals surface area contributed by atoms with Crippen molar-refractivity contribution in [2.45, 2.75) is 33.3 Å². The molecule has 0 spiro atoms. The predicted molar refractivity (Wildman–Crippen MR) is 104 cm³/mol. The highest BCUT2D eigenvalue weighted by Crippen LogP contribution is 2.17. The summed E-state index contributed by atoms with van der Waals surface area (Å²) in [6.45, 7) is 5.69. The summed E-state index contributed by atoms with van der Waals surface area (Å²) in [5, 5.41) is 2.82. The summed E-state index contributed by atoms with van der Waals surface area (Å²) in [6.07, 6.45) is 0.801. The maximum atomic E-state index is 12.5. The van der Waals surface area contributed by atoms with Crippen molar-refractivity contribution >= 4 is 28.6 Å². The van der Waals surface area contributed by atoms with E-state index in [-0.39, 0.29) is 11.6 Å². The summed E-state index contributed by atoms with van der Waals surface area (Å²) in [5.41, 5.74) is 4.12. The van der Waals surface area contributed by atoms with E-state index in [0.717, 1.165) is 11.1 Å². The van der Waals surface area contributed by atoms with Crippen LogP contribution in [0, 0.1) is 13.8 Å². The number of anilines is 1. The van der Waals surface area contributed by atoms with Crippen molar-refractivity contribution in [1.82, 2.24) is 9.97 Å². The van der Waals surface area contributed by atoms with Crippen LogP contribution in [-0.2, 0) is 9.53 Å². The number of ether oxygens (including phenoxy) is 1. The molecule has 27 heavy (non-hydrogen) atoms. The molecule has 138 valence electrons. The minimum atomic E-state index is -0.911. The van der Waals surface area contributed by atoms with Crippen LogP contribution < -0.4 is 5.32 Å². The molecular formula is C21H21N3O3. The fourth-order valence-electron chi connectivity index (χ4n) is 2.73. The number of hydrogen-bond acceptors (Lipinski definition) is 5. The first-order valence-electron chi connectivity index (χ1n) is 8.79. The van der Waals surface area contributed by atoms with Crippen molar-refractivity contribution in [2.24, 2.45) is 0 Å². The molecule has 1 aromatic heterocycles. The number of hydrogen-bond donors (Lipinski definition) is 1. The summed E-state index contributed by atoms with van der Waals surface area (Å²) < 4.78 is 5.38. The minimum absolute atomic E-state index is 0.0754. The standard InChI is InChI=1S/C21H21N3O3/c1-4-19(20(25)24-15-10-9-13(2)11-14(15)3)27-21(26)18-12-22-16-7-5-6-8-17(16)23-18/h5-12,19H,4H2,1-3H3,(H,24,25). The molecule has 6 nitrogen and oxygen atoms in total. The first-order chi connectivity index (χ1) is 13.0. The number of aromatic nitrogens is 2. The molecule has 0 aliphatic carbocycles. The predicted octanol–water partition coefficient (Wildman–Crippen LogP) is 3.82. The van der Waals surface area contributed by atoms with Crippen LogP contribution in [0.2, 0.25) is 0 Å². The molecule has 2 aromatic carbocycles. The van der Waals surface area contributed by atoms with Gasteiger partial charge in [-0.05, 0) is 44.0 Å². The van der Waals surface area contributed by atoms with E-state index < -0.39 is 12.1 Å². The Labute approximate surface area is 157 Å². The number of nitrogens with one attached hydrogen (secondary N) is 1. The number of carbonyl (C=O) groups is 2. The van der Waals surface area contributed by atoms with Gasteiger partial charge in [0.15, 0.2) is 11.8 Å². The SMILES string of the molecule is CCC(OC(=O)c1cnc2ccccc2n1)C(=O)Nc1ccc(C)cc1C. The molecule has 0 radical (unpaired) electrons. The molecule has 1 heterocycles. The second-order valence-electron chi connectivity index (χ2n) is 6.35. The Balaban J connectivity index is 1.72. The fraction of sp³-hybridized carbons (Fsp3) is 0.238. The number of benzene rings is 2. The molecule has 0 aliphatic rings. The Morgan fingerprint density at radius 1 is 1.11 bits per heavy atom. The number of nitrogens with zero attached hydrogens (tertiary/aromatic N) is 2. The smallest absolute Gasteiger partial charge is 0.359 e. The Morgan fingerprint density at radius 3 is 2.56 bits per heavy atom. The van der Waals surface area contributed by atoms with Crippen molar-refractivity contribution in [1.29, 1.82) is 0 Å². The molecule has 1 amide bonds. The Bertz CT molecular complexity index is 1000. The highest BCUT2D eigenvalue weighted by atomic mass is 16.5. The average Bonchev–Trinajstić information content (AvgIpc) is 2.67. The van der Waals surface area contributed by atoms with Crippen LogP contribution >= 0.6 is 0 Å². The van der Waals surface area contributed by atoms with Crippen molar-refractivity contribution in [3.05, 3.63) is 65.5 Å². The van der Waals surface area contributed by atoms with E-state index >= 15 is 0 Å². The number of rotatable bonds is 5. The normalized spacial score (nSPS) is 11.8. The van der Waals surface area contributed by atoms with Gasteiger partial charge in [-0.2, -0.15) is 0 Å². The third kappa shape index (κ3) is 4.28. The second kappa shape index (κ2) is 7.95. The number of fused-ring (bicyclic) bond motifs is 1.